The van der Waals surface area contributed by atoms with E-state index >= 15 is 0 Å². The van der Waals surface area contributed by atoms with Gasteiger partial charge in [-0.2, -0.15) is 5.10 Å². The Bertz CT molecular complexity index is 290. The van der Waals surface area contributed by atoms with E-state index in [9.17, 15) is 0 Å². The van der Waals surface area contributed by atoms with E-state index in [4.69, 9.17) is 5.73 Å². The van der Waals surface area contributed by atoms with Crippen LogP contribution in [-0.2, 0) is 0 Å². The number of H-pyrrole nitrogens is 1. The van der Waals surface area contributed by atoms with Crippen LogP contribution in [0.25, 0.3) is 0 Å². The third-order valence-electron chi connectivity index (χ3n) is 2.94. The Kier molecular flexibility index (Phi) is 1.90. The molecule has 0 amide bonds. The lowest BCUT2D eigenvalue weighted by Crippen LogP contribution is -2.30. The molecule has 1 unspecified atom stereocenters. The molecule has 2 rings (SSSR count). The van der Waals surface area contributed by atoms with E-state index in [1.165, 1.54) is 12.8 Å². The number of nitrogens with one attached hydrogen (secondary N) is 1. The van der Waals surface area contributed by atoms with Gasteiger partial charge in [-0.3, -0.25) is 5.10 Å². The lowest BCUT2D eigenvalue weighted by molar-refractivity contribution is 0.610. The van der Waals surface area contributed by atoms with Gasteiger partial charge in [-0.15, -0.1) is 0 Å². The predicted octanol–water partition coefficient (Wildman–Crippen LogP) is 1.23. The first-order valence-electron chi connectivity index (χ1n) is 4.72. The molecule has 1 aliphatic rings. The van der Waals surface area contributed by atoms with E-state index in [1.54, 1.807) is 6.20 Å². The Morgan fingerprint density at radius 2 is 2.38 bits per heavy atom. The van der Waals surface area contributed by atoms with Crippen LogP contribution in [0.15, 0.2) is 6.20 Å². The molecule has 0 radical (unpaired) electrons. The second-order valence-electron chi connectivity index (χ2n) is 3.86. The Hall–Kier alpha value is -1.19. The molecule has 1 atom stereocenters. The third kappa shape index (κ3) is 1.48. The molecule has 4 heteroatoms. The fourth-order valence-electron chi connectivity index (χ4n) is 1.69. The summed E-state index contributed by atoms with van der Waals surface area (Å²) in [5.41, 5.74) is 6.75. The van der Waals surface area contributed by atoms with Crippen LogP contribution in [0.1, 0.15) is 19.8 Å². The van der Waals surface area contributed by atoms with Crippen molar-refractivity contribution in [3.8, 4) is 0 Å². The van der Waals surface area contributed by atoms with E-state index in [-0.39, 0.29) is 0 Å². The molecule has 0 spiro atoms. The molecule has 1 heterocycles. The molecule has 0 bridgehead atoms. The first-order chi connectivity index (χ1) is 6.20. The number of aromatic nitrogens is 2. The van der Waals surface area contributed by atoms with Crippen molar-refractivity contribution in [3.63, 3.8) is 0 Å². The minimum atomic E-state index is 0.569. The first-order valence-corrected chi connectivity index (χ1v) is 4.72. The maximum Gasteiger partial charge on any atom is 0.142 e. The number of nitrogens with two attached hydrogens (primary N) is 1. The highest BCUT2D eigenvalue weighted by atomic mass is 15.2. The van der Waals surface area contributed by atoms with Crippen LogP contribution in [-0.4, -0.2) is 23.3 Å². The number of aromatic amines is 1. The van der Waals surface area contributed by atoms with Gasteiger partial charge in [0.1, 0.15) is 5.82 Å². The fourth-order valence-corrected chi connectivity index (χ4v) is 1.69. The molecule has 1 aromatic heterocycles. The normalized spacial score (nSPS) is 18.6. The van der Waals surface area contributed by atoms with Gasteiger partial charge in [0.25, 0.3) is 0 Å². The average Bonchev–Trinajstić information content (AvgIpc) is 2.87. The zero-order chi connectivity index (χ0) is 9.42. The molecule has 3 N–H and O–H groups in total. The summed E-state index contributed by atoms with van der Waals surface area (Å²) in [6, 6.07) is 0.569. The molecule has 13 heavy (non-hydrogen) atoms. The summed E-state index contributed by atoms with van der Waals surface area (Å²) < 4.78 is 0. The average molecular weight is 180 g/mol. The first kappa shape index (κ1) is 8.41. The summed E-state index contributed by atoms with van der Waals surface area (Å²) in [5.74, 6) is 1.51. The minimum Gasteiger partial charge on any atom is -0.382 e. The van der Waals surface area contributed by atoms with Gasteiger partial charge >= 0.3 is 0 Å². The summed E-state index contributed by atoms with van der Waals surface area (Å²) in [7, 11) is 2.07. The highest BCUT2D eigenvalue weighted by Crippen LogP contribution is 2.36. The number of anilines is 2. The zero-order valence-corrected chi connectivity index (χ0v) is 8.12. The van der Waals surface area contributed by atoms with Gasteiger partial charge in [-0.1, -0.05) is 0 Å². The maximum atomic E-state index is 5.74. The topological polar surface area (TPSA) is 57.9 Å². The van der Waals surface area contributed by atoms with E-state index in [0.717, 1.165) is 11.6 Å². The lowest BCUT2D eigenvalue weighted by atomic mass is 10.2. The predicted molar refractivity (Wildman–Crippen MR) is 53.6 cm³/mol. The molecule has 72 valence electrons. The molecule has 0 aliphatic heterocycles. The van der Waals surface area contributed by atoms with E-state index in [1.807, 2.05) is 0 Å². The maximum absolute atomic E-state index is 5.74. The SMILES string of the molecule is CC(C1CC1)N(C)c1cn[nH]c1N. The summed E-state index contributed by atoms with van der Waals surface area (Å²) in [4.78, 5) is 2.20. The van der Waals surface area contributed by atoms with Crippen molar-refractivity contribution in [2.24, 2.45) is 5.92 Å². The van der Waals surface area contributed by atoms with E-state index in [2.05, 4.69) is 29.1 Å². The summed E-state index contributed by atoms with van der Waals surface area (Å²) in [6.45, 7) is 2.24. The van der Waals surface area contributed by atoms with Crippen molar-refractivity contribution in [2.45, 2.75) is 25.8 Å². The Morgan fingerprint density at radius 3 is 2.85 bits per heavy atom. The van der Waals surface area contributed by atoms with E-state index in [0.29, 0.717) is 11.9 Å². The van der Waals surface area contributed by atoms with Crippen LogP contribution < -0.4 is 10.6 Å². The number of nitrogens with zero attached hydrogens (tertiary/aromatic N) is 2. The summed E-state index contributed by atoms with van der Waals surface area (Å²) >= 11 is 0. The Labute approximate surface area is 78.1 Å². The molecule has 4 nitrogen and oxygen atoms in total. The van der Waals surface area contributed by atoms with Crippen LogP contribution in [0, 0.1) is 5.92 Å². The van der Waals surface area contributed by atoms with Crippen LogP contribution in [0.2, 0.25) is 0 Å². The molecule has 1 aromatic rings. The molecule has 1 aliphatic carbocycles. The zero-order valence-electron chi connectivity index (χ0n) is 8.12. The van der Waals surface area contributed by atoms with Crippen molar-refractivity contribution in [1.82, 2.24) is 10.2 Å². The number of hydrogen-bond acceptors (Lipinski definition) is 3. The lowest BCUT2D eigenvalue weighted by Gasteiger charge is -2.25. The number of nitrogen functional groups attached to an aromatic ring is 1. The van der Waals surface area contributed by atoms with Gasteiger partial charge in [-0.05, 0) is 25.7 Å². The molecular weight excluding hydrogens is 164 g/mol. The Morgan fingerprint density at radius 1 is 1.69 bits per heavy atom. The smallest absolute Gasteiger partial charge is 0.142 e. The van der Waals surface area contributed by atoms with Crippen molar-refractivity contribution in [2.75, 3.05) is 17.7 Å². The standard InChI is InChI=1S/C9H16N4/c1-6(7-3-4-7)13(2)8-5-11-12-9(8)10/h5-7H,3-4H2,1-2H3,(H3,10,11,12). The van der Waals surface area contributed by atoms with Crippen molar-refractivity contribution >= 4 is 11.5 Å². The van der Waals surface area contributed by atoms with Crippen molar-refractivity contribution in [1.29, 1.82) is 0 Å². The third-order valence-corrected chi connectivity index (χ3v) is 2.94. The van der Waals surface area contributed by atoms with Gasteiger partial charge in [0, 0.05) is 13.1 Å². The Balaban J connectivity index is 2.11. The van der Waals surface area contributed by atoms with Gasteiger partial charge in [0.05, 0.1) is 11.9 Å². The second-order valence-corrected chi connectivity index (χ2v) is 3.86. The van der Waals surface area contributed by atoms with Gasteiger partial charge < -0.3 is 10.6 Å². The highest BCUT2D eigenvalue weighted by Gasteiger charge is 2.31. The van der Waals surface area contributed by atoms with Crippen molar-refractivity contribution in [3.05, 3.63) is 6.20 Å². The van der Waals surface area contributed by atoms with Gasteiger partial charge in [0.2, 0.25) is 0 Å². The number of hydrogen-bond donors (Lipinski definition) is 2. The van der Waals surface area contributed by atoms with Crippen molar-refractivity contribution < 1.29 is 0 Å². The quantitative estimate of drug-likeness (QED) is 0.735. The molecular formula is C9H16N4. The van der Waals surface area contributed by atoms with Crippen LogP contribution in [0.3, 0.4) is 0 Å². The second kappa shape index (κ2) is 2.94. The van der Waals surface area contributed by atoms with Gasteiger partial charge in [0.15, 0.2) is 0 Å². The number of rotatable bonds is 3. The molecule has 0 saturated heterocycles. The molecule has 1 fully saturated rings. The minimum absolute atomic E-state index is 0.569. The van der Waals surface area contributed by atoms with Crippen LogP contribution >= 0.6 is 0 Å². The monoisotopic (exact) mass is 180 g/mol. The summed E-state index contributed by atoms with van der Waals surface area (Å²) in [6.07, 6.45) is 4.49. The molecule has 0 aromatic carbocycles. The fraction of sp³-hybridized carbons (Fsp3) is 0.667. The largest absolute Gasteiger partial charge is 0.382 e. The highest BCUT2D eigenvalue weighted by molar-refractivity contribution is 5.62. The van der Waals surface area contributed by atoms with Crippen LogP contribution in [0.4, 0.5) is 11.5 Å². The summed E-state index contributed by atoms with van der Waals surface area (Å²) in [5, 5.41) is 6.66. The van der Waals surface area contributed by atoms with Gasteiger partial charge in [-0.25, -0.2) is 0 Å². The van der Waals surface area contributed by atoms with Crippen LogP contribution in [0.5, 0.6) is 0 Å². The molecule has 1 saturated carbocycles. The van der Waals surface area contributed by atoms with E-state index < -0.39 is 0 Å².